The molecule has 1 atom stereocenters. The van der Waals surface area contributed by atoms with Crippen molar-refractivity contribution in [1.82, 2.24) is 9.55 Å². The minimum absolute atomic E-state index is 0.249. The zero-order valence-electron chi connectivity index (χ0n) is 21.7. The van der Waals surface area contributed by atoms with Crippen molar-refractivity contribution < 1.29 is 24.1 Å². The summed E-state index contributed by atoms with van der Waals surface area (Å²) in [6, 6.07) is 14.7. The summed E-state index contributed by atoms with van der Waals surface area (Å²) in [5, 5.41) is 13.8. The van der Waals surface area contributed by atoms with Crippen LogP contribution in [0, 0.1) is 0 Å². The van der Waals surface area contributed by atoms with Crippen LogP contribution in [0.2, 0.25) is 0 Å². The highest BCUT2D eigenvalue weighted by molar-refractivity contribution is 9.10. The number of nitrogens with zero attached hydrogens (tertiary/aromatic N) is 2. The molecule has 0 spiro atoms. The SMILES string of the molecule is COc1cc(OCCC[S+](C)c2c([O-])c3cccnc3n(Cc3ccc(Br)cc3)c2=O)cc(OC)c1OC. The summed E-state index contributed by atoms with van der Waals surface area (Å²) in [6.45, 7) is 0.723. The lowest BCUT2D eigenvalue weighted by Gasteiger charge is -2.18. The van der Waals surface area contributed by atoms with Gasteiger partial charge in [-0.25, -0.2) is 4.98 Å². The average molecular weight is 602 g/mol. The molecule has 0 radical (unpaired) electrons. The Morgan fingerprint density at radius 2 is 1.71 bits per heavy atom. The molecule has 8 nitrogen and oxygen atoms in total. The normalized spacial score (nSPS) is 11.8. The molecule has 0 saturated carbocycles. The maximum absolute atomic E-state index is 13.6. The van der Waals surface area contributed by atoms with Gasteiger partial charge in [-0.2, -0.15) is 0 Å². The Bertz CT molecular complexity index is 1450. The van der Waals surface area contributed by atoms with Crippen molar-refractivity contribution in [2.24, 2.45) is 0 Å². The first kappa shape index (κ1) is 27.7. The molecule has 0 aliphatic heterocycles. The maximum atomic E-state index is 13.6. The number of rotatable bonds is 11. The van der Waals surface area contributed by atoms with Crippen LogP contribution in [0.4, 0.5) is 0 Å². The fourth-order valence-electron chi connectivity index (χ4n) is 4.16. The van der Waals surface area contributed by atoms with Crippen LogP contribution in [0.25, 0.3) is 11.0 Å². The number of benzene rings is 2. The van der Waals surface area contributed by atoms with Crippen LogP contribution in [-0.2, 0) is 17.4 Å². The van der Waals surface area contributed by atoms with Gasteiger partial charge in [0.05, 0.1) is 34.5 Å². The maximum Gasteiger partial charge on any atom is 0.307 e. The number of hydrogen-bond acceptors (Lipinski definition) is 7. The molecule has 0 saturated heterocycles. The van der Waals surface area contributed by atoms with Crippen LogP contribution in [0.1, 0.15) is 12.0 Å². The molecule has 38 heavy (non-hydrogen) atoms. The molecule has 2 heterocycles. The third kappa shape index (κ3) is 5.86. The van der Waals surface area contributed by atoms with E-state index in [0.29, 0.717) is 64.3 Å². The molecular weight excluding hydrogens is 572 g/mol. The fraction of sp³-hybridized carbons (Fsp3) is 0.286. The van der Waals surface area contributed by atoms with Crippen molar-refractivity contribution in [3.8, 4) is 28.7 Å². The van der Waals surface area contributed by atoms with Gasteiger partial charge < -0.3 is 24.1 Å². The van der Waals surface area contributed by atoms with E-state index in [1.807, 2.05) is 30.5 Å². The highest BCUT2D eigenvalue weighted by Crippen LogP contribution is 2.40. The lowest BCUT2D eigenvalue weighted by Crippen LogP contribution is -2.30. The third-order valence-electron chi connectivity index (χ3n) is 6.04. The molecular formula is C28H29BrN2O6S. The van der Waals surface area contributed by atoms with Crippen molar-refractivity contribution in [2.45, 2.75) is 17.9 Å². The first-order valence-corrected chi connectivity index (χ1v) is 14.5. The molecule has 1 unspecified atom stereocenters. The lowest BCUT2D eigenvalue weighted by atomic mass is 10.2. The molecule has 0 amide bonds. The highest BCUT2D eigenvalue weighted by Gasteiger charge is 2.25. The van der Waals surface area contributed by atoms with Crippen molar-refractivity contribution in [3.63, 3.8) is 0 Å². The Morgan fingerprint density at radius 3 is 2.34 bits per heavy atom. The van der Waals surface area contributed by atoms with Gasteiger partial charge in [0.15, 0.2) is 11.5 Å². The molecule has 200 valence electrons. The molecule has 2 aromatic heterocycles. The van der Waals surface area contributed by atoms with Gasteiger partial charge in [-0.3, -0.25) is 9.36 Å². The predicted molar refractivity (Wildman–Crippen MR) is 151 cm³/mol. The summed E-state index contributed by atoms with van der Waals surface area (Å²) in [6.07, 6.45) is 4.18. The minimum Gasteiger partial charge on any atom is -0.868 e. The Balaban J connectivity index is 1.54. The topological polar surface area (TPSA) is 94.9 Å². The number of hydrogen-bond donors (Lipinski definition) is 0. The molecule has 2 aromatic carbocycles. The quantitative estimate of drug-likeness (QED) is 0.186. The van der Waals surface area contributed by atoms with Crippen LogP contribution >= 0.6 is 15.9 Å². The van der Waals surface area contributed by atoms with E-state index in [0.717, 1.165) is 10.0 Å². The second-order valence-electron chi connectivity index (χ2n) is 8.45. The first-order valence-electron chi connectivity index (χ1n) is 11.9. The van der Waals surface area contributed by atoms with Crippen molar-refractivity contribution in [2.75, 3.05) is 39.9 Å². The van der Waals surface area contributed by atoms with Gasteiger partial charge in [0.25, 0.3) is 0 Å². The van der Waals surface area contributed by atoms with Crippen LogP contribution in [-0.4, -0.2) is 49.5 Å². The van der Waals surface area contributed by atoms with Gasteiger partial charge in [-0.15, -0.1) is 0 Å². The number of fused-ring (bicyclic) bond motifs is 1. The zero-order chi connectivity index (χ0) is 27.2. The van der Waals surface area contributed by atoms with Crippen LogP contribution < -0.4 is 29.6 Å². The van der Waals surface area contributed by atoms with Gasteiger partial charge in [0, 0.05) is 45.5 Å². The van der Waals surface area contributed by atoms with E-state index < -0.39 is 10.9 Å². The van der Waals surface area contributed by atoms with Crippen LogP contribution in [0.5, 0.6) is 28.7 Å². The standard InChI is InChI=1S/C28H29BrN2O6S/c1-34-22-15-20(16-23(35-2)25(22)36-3)37-13-6-14-38(4)26-24(32)21-7-5-12-30-27(21)31(28(26)33)17-18-8-10-19(29)11-9-18/h5,7-12,15-16H,6,13-14,17H2,1-4H3. The summed E-state index contributed by atoms with van der Waals surface area (Å²) < 4.78 is 24.6. The van der Waals surface area contributed by atoms with Gasteiger partial charge in [-0.05, 0) is 29.5 Å². The van der Waals surface area contributed by atoms with E-state index in [1.54, 1.807) is 56.4 Å². The Kier molecular flexibility index (Phi) is 9.06. The summed E-state index contributed by atoms with van der Waals surface area (Å²) in [7, 11) is 4.05. The van der Waals surface area contributed by atoms with Gasteiger partial charge >= 0.3 is 5.56 Å². The van der Waals surface area contributed by atoms with Gasteiger partial charge in [0.2, 0.25) is 10.6 Å². The van der Waals surface area contributed by atoms with E-state index in [9.17, 15) is 9.90 Å². The van der Waals surface area contributed by atoms with Gasteiger partial charge in [-0.1, -0.05) is 34.1 Å². The number of ether oxygens (including phenoxy) is 4. The monoisotopic (exact) mass is 600 g/mol. The molecule has 0 bridgehead atoms. The Hall–Kier alpha value is -3.37. The molecule has 4 aromatic rings. The van der Waals surface area contributed by atoms with E-state index in [1.165, 1.54) is 0 Å². The molecule has 0 N–H and O–H groups in total. The van der Waals surface area contributed by atoms with Crippen LogP contribution in [0.15, 0.2) is 68.9 Å². The molecule has 10 heteroatoms. The number of aromatic nitrogens is 2. The predicted octanol–water partition coefficient (Wildman–Crippen LogP) is 4.38. The summed E-state index contributed by atoms with van der Waals surface area (Å²) in [4.78, 5) is 18.3. The second-order valence-corrected chi connectivity index (χ2v) is 11.5. The fourth-order valence-corrected chi connectivity index (χ4v) is 6.02. The number of methoxy groups -OCH3 is 3. The summed E-state index contributed by atoms with van der Waals surface area (Å²) >= 11 is 3.44. The van der Waals surface area contributed by atoms with Crippen molar-refractivity contribution in [1.29, 1.82) is 0 Å². The van der Waals surface area contributed by atoms with Crippen molar-refractivity contribution in [3.05, 3.63) is 75.1 Å². The average Bonchev–Trinajstić information content (AvgIpc) is 2.93. The Labute approximate surface area is 232 Å². The summed E-state index contributed by atoms with van der Waals surface area (Å²) in [5.74, 6) is 2.45. The molecule has 0 aliphatic rings. The zero-order valence-corrected chi connectivity index (χ0v) is 24.1. The molecule has 0 fully saturated rings. The number of halogens is 1. The second kappa shape index (κ2) is 12.4. The van der Waals surface area contributed by atoms with E-state index in [2.05, 4.69) is 20.9 Å². The first-order chi connectivity index (χ1) is 18.4. The molecule has 4 rings (SSSR count). The van der Waals surface area contributed by atoms with E-state index in [4.69, 9.17) is 18.9 Å². The third-order valence-corrected chi connectivity index (χ3v) is 8.52. The summed E-state index contributed by atoms with van der Waals surface area (Å²) in [5.41, 5.74) is 1.05. The smallest absolute Gasteiger partial charge is 0.307 e. The highest BCUT2D eigenvalue weighted by atomic mass is 79.9. The molecule has 0 aliphatic carbocycles. The largest absolute Gasteiger partial charge is 0.868 e. The van der Waals surface area contributed by atoms with E-state index >= 15 is 0 Å². The minimum atomic E-state index is -0.590. The Morgan fingerprint density at radius 1 is 1.03 bits per heavy atom. The van der Waals surface area contributed by atoms with Gasteiger partial charge in [0.1, 0.15) is 23.4 Å². The van der Waals surface area contributed by atoms with Crippen LogP contribution in [0.3, 0.4) is 0 Å². The number of pyridine rings is 2. The lowest BCUT2D eigenvalue weighted by molar-refractivity contribution is -0.270. The van der Waals surface area contributed by atoms with Crippen molar-refractivity contribution >= 4 is 37.9 Å². The van der Waals surface area contributed by atoms with E-state index in [-0.39, 0.29) is 11.3 Å².